The van der Waals surface area contributed by atoms with Crippen molar-refractivity contribution in [2.75, 3.05) is 0 Å². The lowest BCUT2D eigenvalue weighted by Gasteiger charge is -2.32. The lowest BCUT2D eigenvalue weighted by Crippen LogP contribution is -2.37. The number of halogens is 5. The van der Waals surface area contributed by atoms with E-state index in [1.54, 1.807) is 18.9 Å². The number of alkyl halides is 5. The van der Waals surface area contributed by atoms with E-state index in [0.717, 1.165) is 19.3 Å². The fraction of sp³-hybridized carbons (Fsp3) is 0.476. The summed E-state index contributed by atoms with van der Waals surface area (Å²) in [7, 11) is 0. The predicted octanol–water partition coefficient (Wildman–Crippen LogP) is 6.67. The molecular formula is C21H22F5N. The first kappa shape index (κ1) is 22.7. The molecule has 0 fully saturated rings. The molecule has 0 heterocycles. The highest BCUT2D eigenvalue weighted by Gasteiger charge is 2.59. The summed E-state index contributed by atoms with van der Waals surface area (Å²) in [5, 5.41) is 8.45. The summed E-state index contributed by atoms with van der Waals surface area (Å²) in [4.78, 5) is 0. The Kier molecular flexibility index (Phi) is 7.20. The zero-order valence-electron chi connectivity index (χ0n) is 15.8. The maximum Gasteiger partial charge on any atom is 0.458 e. The van der Waals surface area contributed by atoms with Gasteiger partial charge in [0.2, 0.25) is 0 Å². The van der Waals surface area contributed by atoms with Crippen LogP contribution in [0.15, 0.2) is 46.6 Å². The first-order valence-corrected chi connectivity index (χ1v) is 8.44. The Morgan fingerprint density at radius 3 is 2.30 bits per heavy atom. The van der Waals surface area contributed by atoms with Crippen LogP contribution in [0.3, 0.4) is 0 Å². The molecule has 0 aromatic rings. The van der Waals surface area contributed by atoms with E-state index >= 15 is 0 Å². The van der Waals surface area contributed by atoms with Crippen LogP contribution in [0.2, 0.25) is 0 Å². The zero-order chi connectivity index (χ0) is 20.9. The molecule has 0 bridgehead atoms. The fourth-order valence-electron chi connectivity index (χ4n) is 2.92. The van der Waals surface area contributed by atoms with Crippen LogP contribution in [0.25, 0.3) is 0 Å². The van der Waals surface area contributed by atoms with Crippen LogP contribution in [-0.2, 0) is 0 Å². The number of allylic oxidation sites excluding steroid dienone is 8. The van der Waals surface area contributed by atoms with Crippen LogP contribution in [0, 0.1) is 28.6 Å². The topological polar surface area (TPSA) is 23.8 Å². The first-order chi connectivity index (χ1) is 12.3. The minimum Gasteiger partial charge on any atom is -0.193 e. The van der Waals surface area contributed by atoms with Gasteiger partial charge < -0.3 is 0 Å². The van der Waals surface area contributed by atoms with Gasteiger partial charge in [0, 0.05) is 6.08 Å². The van der Waals surface area contributed by atoms with Gasteiger partial charge in [0.15, 0.2) is 0 Å². The summed E-state index contributed by atoms with van der Waals surface area (Å²) in [6, 6.07) is 1.18. The van der Waals surface area contributed by atoms with Gasteiger partial charge in [0.05, 0.1) is 11.6 Å². The largest absolute Gasteiger partial charge is 0.458 e. The van der Waals surface area contributed by atoms with E-state index in [0.29, 0.717) is 5.57 Å². The molecule has 1 rings (SSSR count). The van der Waals surface area contributed by atoms with E-state index in [2.05, 4.69) is 26.7 Å². The van der Waals surface area contributed by atoms with Gasteiger partial charge in [0.25, 0.3) is 0 Å². The molecule has 1 aliphatic carbocycles. The molecule has 146 valence electrons. The lowest BCUT2D eigenvalue weighted by molar-refractivity contribution is -0.262. The normalized spacial score (nSPS) is 19.0. The van der Waals surface area contributed by atoms with Crippen molar-refractivity contribution < 1.29 is 22.0 Å². The van der Waals surface area contributed by atoms with Gasteiger partial charge in [-0.3, -0.25) is 0 Å². The molecule has 0 N–H and O–H groups in total. The van der Waals surface area contributed by atoms with Crippen molar-refractivity contribution in [3.05, 3.63) is 46.6 Å². The Balaban J connectivity index is 3.07. The Labute approximate surface area is 156 Å². The van der Waals surface area contributed by atoms with Crippen molar-refractivity contribution in [3.63, 3.8) is 0 Å². The zero-order valence-corrected chi connectivity index (χ0v) is 15.8. The van der Waals surface area contributed by atoms with Gasteiger partial charge in [-0.05, 0) is 55.7 Å². The number of hydrogen-bond acceptors (Lipinski definition) is 1. The van der Waals surface area contributed by atoms with Crippen molar-refractivity contribution in [2.45, 2.75) is 59.1 Å². The summed E-state index contributed by atoms with van der Waals surface area (Å²) in [5.74, 6) is -1.22. The molecule has 6 heteroatoms. The van der Waals surface area contributed by atoms with Gasteiger partial charge in [-0.25, -0.2) is 0 Å². The monoisotopic (exact) mass is 383 g/mol. The van der Waals surface area contributed by atoms with Crippen LogP contribution in [-0.4, -0.2) is 12.1 Å². The van der Waals surface area contributed by atoms with Crippen LogP contribution in [0.4, 0.5) is 22.0 Å². The molecule has 0 spiro atoms. The van der Waals surface area contributed by atoms with E-state index in [9.17, 15) is 22.0 Å². The maximum atomic E-state index is 13.3. The molecule has 27 heavy (non-hydrogen) atoms. The van der Waals surface area contributed by atoms with E-state index in [1.807, 2.05) is 6.08 Å². The highest BCUT2D eigenvalue weighted by Crippen LogP contribution is 2.41. The molecule has 0 aliphatic heterocycles. The summed E-state index contributed by atoms with van der Waals surface area (Å²) < 4.78 is 64.0. The Bertz CT molecular complexity index is 787. The second-order valence-electron chi connectivity index (χ2n) is 7.18. The lowest BCUT2D eigenvalue weighted by atomic mass is 9.72. The smallest absolute Gasteiger partial charge is 0.193 e. The van der Waals surface area contributed by atoms with E-state index < -0.39 is 17.7 Å². The van der Waals surface area contributed by atoms with Crippen molar-refractivity contribution in [2.24, 2.45) is 5.41 Å². The molecule has 0 amide bonds. The van der Waals surface area contributed by atoms with Crippen molar-refractivity contribution in [1.82, 2.24) is 0 Å². The van der Waals surface area contributed by atoms with Crippen LogP contribution < -0.4 is 0 Å². The minimum atomic E-state index is -5.81. The third kappa shape index (κ3) is 5.82. The van der Waals surface area contributed by atoms with Crippen molar-refractivity contribution in [1.29, 1.82) is 5.26 Å². The molecule has 0 atom stereocenters. The quantitative estimate of drug-likeness (QED) is 0.231. The Hall–Kier alpha value is -2.34. The second kappa shape index (κ2) is 8.57. The van der Waals surface area contributed by atoms with E-state index in [-0.39, 0.29) is 11.5 Å². The van der Waals surface area contributed by atoms with Crippen LogP contribution >= 0.6 is 0 Å². The number of rotatable bonds is 3. The summed E-state index contributed by atoms with van der Waals surface area (Å²) >= 11 is 0. The SMILES string of the molecule is CC1=C(/C=C/C(C)=C/C#C/C(=C\C#N)C(F)(F)C(F)(F)F)C(C)(C)CCC1. The highest BCUT2D eigenvalue weighted by atomic mass is 19.4. The Morgan fingerprint density at radius 2 is 1.78 bits per heavy atom. The minimum absolute atomic E-state index is 0.0300. The molecular weight excluding hydrogens is 361 g/mol. The van der Waals surface area contributed by atoms with Gasteiger partial charge in [-0.1, -0.05) is 43.4 Å². The van der Waals surface area contributed by atoms with E-state index in [1.165, 1.54) is 23.3 Å². The number of nitrogens with zero attached hydrogens (tertiary/aromatic N) is 1. The van der Waals surface area contributed by atoms with Crippen molar-refractivity contribution >= 4 is 0 Å². The fourth-order valence-corrected chi connectivity index (χ4v) is 2.92. The summed E-state index contributed by atoms with van der Waals surface area (Å²) in [6.45, 7) is 8.03. The Morgan fingerprint density at radius 1 is 1.15 bits per heavy atom. The predicted molar refractivity (Wildman–Crippen MR) is 95.7 cm³/mol. The molecule has 0 saturated heterocycles. The summed E-state index contributed by atoms with van der Waals surface area (Å²) in [6.07, 6.45) is 2.46. The van der Waals surface area contributed by atoms with Crippen molar-refractivity contribution in [3.8, 4) is 17.9 Å². The molecule has 0 unspecified atom stereocenters. The number of nitriles is 1. The van der Waals surface area contributed by atoms with Crippen LogP contribution in [0.5, 0.6) is 0 Å². The van der Waals surface area contributed by atoms with Gasteiger partial charge >= 0.3 is 12.1 Å². The summed E-state index contributed by atoms with van der Waals surface area (Å²) in [5.41, 5.74) is 1.55. The van der Waals surface area contributed by atoms with Crippen LogP contribution in [0.1, 0.15) is 47.0 Å². The highest BCUT2D eigenvalue weighted by molar-refractivity contribution is 5.43. The standard InChI is InChI=1S/C21H22F5N/c1-15(10-11-18-16(2)8-6-13-19(18,3)4)7-5-9-17(12-14-27)20(22,23)21(24,25)26/h7,10-12H,6,8,13H2,1-4H3/b11-10+,15-7+,17-12+. The molecule has 0 aromatic carbocycles. The van der Waals surface area contributed by atoms with Gasteiger partial charge in [-0.2, -0.15) is 27.2 Å². The molecule has 0 radical (unpaired) electrons. The molecule has 1 aliphatic rings. The molecule has 1 nitrogen and oxygen atoms in total. The van der Waals surface area contributed by atoms with Gasteiger partial charge in [-0.15, -0.1) is 0 Å². The third-order valence-electron chi connectivity index (χ3n) is 4.47. The number of hydrogen-bond donors (Lipinski definition) is 0. The molecule has 0 saturated carbocycles. The average molecular weight is 383 g/mol. The average Bonchev–Trinajstić information content (AvgIpc) is 2.51. The molecule has 0 aromatic heterocycles. The second-order valence-corrected chi connectivity index (χ2v) is 7.18. The first-order valence-electron chi connectivity index (χ1n) is 8.44. The third-order valence-corrected chi connectivity index (χ3v) is 4.47. The maximum absolute atomic E-state index is 13.3. The van der Waals surface area contributed by atoms with E-state index in [4.69, 9.17) is 5.26 Å². The van der Waals surface area contributed by atoms with Gasteiger partial charge in [0.1, 0.15) is 0 Å².